The molecule has 92 heavy (non-hydrogen) atoms. The van der Waals surface area contributed by atoms with Gasteiger partial charge in [0.1, 0.15) is 18.1 Å². The molecule has 482 valence electrons. The van der Waals surface area contributed by atoms with E-state index < -0.39 is 30.3 Å². The molecule has 16 N–H and O–H groups in total. The summed E-state index contributed by atoms with van der Waals surface area (Å²) >= 11 is 0. The molecule has 0 aliphatic heterocycles. The van der Waals surface area contributed by atoms with Crippen LogP contribution in [0.5, 0.6) is 0 Å². The van der Waals surface area contributed by atoms with Crippen molar-refractivity contribution in [2.24, 2.45) is 17.2 Å². The van der Waals surface area contributed by atoms with Crippen LogP contribution in [0, 0.1) is 0 Å². The van der Waals surface area contributed by atoms with Gasteiger partial charge in [0.25, 0.3) is 0 Å². The topological polar surface area (TPSA) is 341 Å². The van der Waals surface area contributed by atoms with E-state index >= 15 is 0 Å². The van der Waals surface area contributed by atoms with Crippen LogP contribution in [0.2, 0.25) is 0 Å². The number of carbonyl (C=O) groups excluding carboxylic acids is 6. The summed E-state index contributed by atoms with van der Waals surface area (Å²) in [6.45, 7) is 1.37. The Bertz CT molecular complexity index is 3560. The van der Waals surface area contributed by atoms with E-state index in [1.165, 1.54) is 0 Å². The van der Waals surface area contributed by atoms with E-state index in [-0.39, 0.29) is 54.7 Å². The Morgan fingerprint density at radius 2 is 0.674 bits per heavy atom. The summed E-state index contributed by atoms with van der Waals surface area (Å²) in [5, 5.41) is 27.9. The minimum atomic E-state index is -5.08. The van der Waals surface area contributed by atoms with Gasteiger partial charge in [-0.05, 0) is 185 Å². The number of hydrogen-bond acceptors (Lipinski definition) is 11. The zero-order valence-electron chi connectivity index (χ0n) is 50.5. The molecule has 0 saturated heterocycles. The van der Waals surface area contributed by atoms with E-state index in [1.54, 1.807) is 36.4 Å². The van der Waals surface area contributed by atoms with Gasteiger partial charge in [-0.2, -0.15) is 13.2 Å². The molecule has 24 heteroatoms. The Kier molecular flexibility index (Phi) is 24.2. The standard InChI is InChI=1S/C66H75N13O6.C2HF3O2/c67-34-10-7-19-58(76-61(80)37-43-40-70-55-16-4-1-13-52(43)55)64(83)73-46-22-28-49(29-23-46)79(50-30-24-47(25-31-50)74-65(84)59(20-8-11-35-68)77-62(81)38-44-41-71-56-17-5-2-14-53(44)56)51-32-26-48(27-33-51)75-66(85)60(21-9-12-36-69)78-63(82)39-45-42-72-57-18-6-3-15-54(45)57;3-2(4,5)1(6)7/h1-6,13-18,22-33,40-42,58-60,70-72H,7-12,19-21,34-39,67-69H2,(H,73,83)(H,74,84)(H,75,85)(H,76,80)(H,77,81)(H,78,82);(H,6,7)/t58-,59-,60-;/m1./s1. The number of aromatic amines is 3. The molecule has 0 radical (unpaired) electrons. The lowest BCUT2D eigenvalue weighted by molar-refractivity contribution is -0.192. The number of nitrogens with zero attached hydrogens (tertiary/aromatic N) is 1. The number of rotatable bonds is 30. The Morgan fingerprint density at radius 3 is 0.924 bits per heavy atom. The number of amides is 6. The maximum Gasteiger partial charge on any atom is 0.490 e. The second-order valence-electron chi connectivity index (χ2n) is 22.1. The minimum Gasteiger partial charge on any atom is -0.475 e. The number of carbonyl (C=O) groups is 7. The second-order valence-corrected chi connectivity index (χ2v) is 22.1. The van der Waals surface area contributed by atoms with E-state index in [4.69, 9.17) is 27.1 Å². The first kappa shape index (κ1) is 67.6. The number of nitrogens with two attached hydrogens (primary N) is 3. The number of hydrogen-bond donors (Lipinski definition) is 13. The van der Waals surface area contributed by atoms with Crippen LogP contribution in [-0.4, -0.2) is 105 Å². The normalized spacial score (nSPS) is 12.2. The maximum atomic E-state index is 14.0. The average molecular weight is 1260 g/mol. The van der Waals surface area contributed by atoms with Gasteiger partial charge in [-0.3, -0.25) is 28.8 Å². The highest BCUT2D eigenvalue weighted by Crippen LogP contribution is 2.37. The Morgan fingerprint density at radius 1 is 0.413 bits per heavy atom. The first-order chi connectivity index (χ1) is 44.4. The van der Waals surface area contributed by atoms with Crippen molar-refractivity contribution in [1.82, 2.24) is 30.9 Å². The van der Waals surface area contributed by atoms with Gasteiger partial charge in [0.05, 0.1) is 19.3 Å². The van der Waals surface area contributed by atoms with Crippen LogP contribution in [0.1, 0.15) is 74.5 Å². The quantitative estimate of drug-likeness (QED) is 0.0187. The summed E-state index contributed by atoms with van der Waals surface area (Å²) in [6.07, 6.45) is 5.81. The molecule has 3 heterocycles. The van der Waals surface area contributed by atoms with Gasteiger partial charge in [0.15, 0.2) is 0 Å². The van der Waals surface area contributed by atoms with Gasteiger partial charge < -0.3 is 74.1 Å². The fourth-order valence-corrected chi connectivity index (χ4v) is 10.6. The fraction of sp³-hybridized carbons (Fsp3) is 0.279. The zero-order valence-corrected chi connectivity index (χ0v) is 50.5. The molecule has 0 unspecified atom stereocenters. The third-order valence-corrected chi connectivity index (χ3v) is 15.3. The molecule has 9 aromatic rings. The number of halogens is 3. The molecule has 0 aliphatic rings. The van der Waals surface area contributed by atoms with Crippen LogP contribution in [0.3, 0.4) is 0 Å². The number of H-pyrrole nitrogens is 3. The van der Waals surface area contributed by atoms with E-state index in [9.17, 15) is 41.9 Å². The highest BCUT2D eigenvalue weighted by molar-refractivity contribution is 6.01. The molecular formula is C68H76F3N13O8. The van der Waals surface area contributed by atoms with Crippen LogP contribution >= 0.6 is 0 Å². The maximum absolute atomic E-state index is 14.0. The highest BCUT2D eigenvalue weighted by atomic mass is 19.4. The van der Waals surface area contributed by atoms with Crippen molar-refractivity contribution in [2.45, 2.75) is 101 Å². The molecular weight excluding hydrogens is 1180 g/mol. The number of anilines is 6. The van der Waals surface area contributed by atoms with Gasteiger partial charge >= 0.3 is 12.1 Å². The number of aromatic nitrogens is 3. The molecule has 0 aliphatic carbocycles. The number of carboxylic acids is 1. The molecule has 0 bridgehead atoms. The Labute approximate surface area is 528 Å². The lowest BCUT2D eigenvalue weighted by Crippen LogP contribution is -2.44. The van der Waals surface area contributed by atoms with Crippen molar-refractivity contribution in [3.63, 3.8) is 0 Å². The van der Waals surface area contributed by atoms with Crippen molar-refractivity contribution in [3.05, 3.63) is 181 Å². The summed E-state index contributed by atoms with van der Waals surface area (Å²) in [7, 11) is 0. The Hall–Kier alpha value is -10.3. The van der Waals surface area contributed by atoms with Gasteiger partial charge in [-0.15, -0.1) is 0 Å². The van der Waals surface area contributed by atoms with E-state index in [1.807, 2.05) is 133 Å². The predicted octanol–water partition coefficient (Wildman–Crippen LogP) is 9.62. The SMILES string of the molecule is NCCCC[C@@H](NC(=O)Cc1c[nH]c2ccccc12)C(=O)Nc1ccc(N(c2ccc(NC(=O)[C@@H](CCCCN)NC(=O)Cc3c[nH]c4ccccc34)cc2)c2ccc(NC(=O)[C@@H](CCCCN)NC(=O)Cc3c[nH]c4ccccc34)cc2)cc1.O=C(O)C(F)(F)F. The third kappa shape index (κ3) is 19.1. The van der Waals surface area contributed by atoms with Crippen molar-refractivity contribution in [1.29, 1.82) is 0 Å². The van der Waals surface area contributed by atoms with E-state index in [2.05, 4.69) is 46.9 Å². The summed E-state index contributed by atoms with van der Waals surface area (Å²) in [5.74, 6) is -4.69. The number of carboxylic acid groups (broad SMARTS) is 1. The van der Waals surface area contributed by atoms with Crippen LogP contribution in [0.25, 0.3) is 32.7 Å². The number of nitrogens with one attached hydrogen (secondary N) is 9. The molecule has 6 aromatic carbocycles. The minimum absolute atomic E-state index is 0.0953. The smallest absolute Gasteiger partial charge is 0.475 e. The number of benzene rings is 6. The summed E-state index contributed by atoms with van der Waals surface area (Å²) in [6, 6.07) is 42.6. The van der Waals surface area contributed by atoms with Crippen LogP contribution in [0.15, 0.2) is 164 Å². The van der Waals surface area contributed by atoms with Gasteiger partial charge in [-0.25, -0.2) is 4.79 Å². The number of para-hydroxylation sites is 3. The summed E-state index contributed by atoms with van der Waals surface area (Å²) in [5.41, 5.74) is 26.3. The molecule has 9 rings (SSSR count). The van der Waals surface area contributed by atoms with Crippen molar-refractivity contribution in [3.8, 4) is 0 Å². The highest BCUT2D eigenvalue weighted by Gasteiger charge is 2.38. The van der Waals surface area contributed by atoms with Gasteiger partial charge in [0.2, 0.25) is 35.4 Å². The number of alkyl halides is 3. The molecule has 6 amide bonds. The fourth-order valence-electron chi connectivity index (χ4n) is 10.6. The number of fused-ring (bicyclic) bond motifs is 3. The number of aliphatic carboxylic acids is 1. The zero-order chi connectivity index (χ0) is 65.6. The van der Waals surface area contributed by atoms with Gasteiger partial charge in [-0.1, -0.05) is 54.6 Å². The first-order valence-electron chi connectivity index (χ1n) is 30.4. The molecule has 0 spiro atoms. The summed E-state index contributed by atoms with van der Waals surface area (Å²) < 4.78 is 31.7. The largest absolute Gasteiger partial charge is 0.490 e. The molecule has 0 saturated carbocycles. The molecule has 0 fully saturated rings. The van der Waals surface area contributed by atoms with Crippen LogP contribution < -0.4 is 54.0 Å². The predicted molar refractivity (Wildman–Crippen MR) is 351 cm³/mol. The molecule has 3 atom stereocenters. The van der Waals surface area contributed by atoms with Gasteiger partial charge in [0, 0.05) is 85.4 Å². The van der Waals surface area contributed by atoms with Crippen molar-refractivity contribution < 1.29 is 51.8 Å². The summed E-state index contributed by atoms with van der Waals surface area (Å²) in [4.78, 5) is 103. The van der Waals surface area contributed by atoms with E-state index in [0.717, 1.165) is 49.4 Å². The first-order valence-corrected chi connectivity index (χ1v) is 30.4. The molecule has 3 aromatic heterocycles. The second kappa shape index (κ2) is 33.0. The van der Waals surface area contributed by atoms with Crippen molar-refractivity contribution >= 4 is 108 Å². The lowest BCUT2D eigenvalue weighted by Gasteiger charge is -2.26. The van der Waals surface area contributed by atoms with Crippen molar-refractivity contribution in [2.75, 3.05) is 40.5 Å². The average Bonchev–Trinajstić information content (AvgIpc) is 1.06. The van der Waals surface area contributed by atoms with Crippen LogP contribution in [-0.2, 0) is 52.8 Å². The number of unbranched alkanes of at least 4 members (excludes halogenated alkanes) is 3. The monoisotopic (exact) mass is 1260 g/mol. The Balaban J connectivity index is 0.00000147. The third-order valence-electron chi connectivity index (χ3n) is 15.3. The van der Waals surface area contributed by atoms with Crippen LogP contribution in [0.4, 0.5) is 47.3 Å². The van der Waals surface area contributed by atoms with E-state index in [0.29, 0.717) is 112 Å². The lowest BCUT2D eigenvalue weighted by atomic mass is 10.1. The molecule has 21 nitrogen and oxygen atoms in total.